The second kappa shape index (κ2) is 3.74. The Morgan fingerprint density at radius 2 is 2.20 bits per heavy atom. The number of nitrogens with one attached hydrogen (secondary N) is 2. The maximum absolute atomic E-state index is 11.4. The predicted octanol–water partition coefficient (Wildman–Crippen LogP) is 0.914. The average Bonchev–Trinajstić information content (AvgIpc) is 2.70. The highest BCUT2D eigenvalue weighted by atomic mass is 16.2. The first-order valence-corrected chi connectivity index (χ1v) is 4.77. The van der Waals surface area contributed by atoms with Crippen LogP contribution >= 0.6 is 0 Å². The molecule has 0 aliphatic carbocycles. The summed E-state index contributed by atoms with van der Waals surface area (Å²) in [7, 11) is 1.58. The monoisotopic (exact) mass is 203 g/mol. The lowest BCUT2D eigenvalue weighted by molar-refractivity contribution is -0.121. The summed E-state index contributed by atoms with van der Waals surface area (Å²) in [6.07, 6.45) is 1.78. The Labute approximate surface area is 87.5 Å². The molecule has 0 bridgehead atoms. The van der Waals surface area contributed by atoms with E-state index < -0.39 is 6.04 Å². The van der Waals surface area contributed by atoms with E-state index in [2.05, 4.69) is 10.3 Å². The van der Waals surface area contributed by atoms with Gasteiger partial charge in [0.2, 0.25) is 5.91 Å². The first-order chi connectivity index (χ1) is 7.24. The van der Waals surface area contributed by atoms with Gasteiger partial charge in [0.1, 0.15) is 6.04 Å². The second-order valence-corrected chi connectivity index (χ2v) is 3.38. The van der Waals surface area contributed by atoms with Gasteiger partial charge in [0, 0.05) is 29.7 Å². The van der Waals surface area contributed by atoms with Gasteiger partial charge >= 0.3 is 0 Å². The first-order valence-electron chi connectivity index (χ1n) is 4.77. The molecular weight excluding hydrogens is 190 g/mol. The predicted molar refractivity (Wildman–Crippen MR) is 59.3 cm³/mol. The molecule has 0 radical (unpaired) electrons. The minimum absolute atomic E-state index is 0.181. The Bertz CT molecular complexity index is 489. The summed E-state index contributed by atoms with van der Waals surface area (Å²) in [5.74, 6) is -0.181. The molecule has 1 heterocycles. The van der Waals surface area contributed by atoms with Crippen LogP contribution in [0.4, 0.5) is 0 Å². The second-order valence-electron chi connectivity index (χ2n) is 3.38. The van der Waals surface area contributed by atoms with Crippen molar-refractivity contribution >= 4 is 16.8 Å². The Balaban J connectivity index is 2.48. The molecule has 78 valence electrons. The molecule has 15 heavy (non-hydrogen) atoms. The van der Waals surface area contributed by atoms with Crippen LogP contribution in [-0.2, 0) is 4.79 Å². The molecule has 0 aliphatic rings. The third-order valence-electron chi connectivity index (χ3n) is 2.49. The fraction of sp³-hybridized carbons (Fsp3) is 0.182. The van der Waals surface area contributed by atoms with Gasteiger partial charge < -0.3 is 16.0 Å². The quantitative estimate of drug-likeness (QED) is 0.679. The molecule has 2 rings (SSSR count). The molecule has 1 atom stereocenters. The van der Waals surface area contributed by atoms with Gasteiger partial charge in [0.15, 0.2) is 0 Å². The number of benzene rings is 1. The van der Waals surface area contributed by atoms with Gasteiger partial charge in [-0.05, 0) is 6.07 Å². The maximum Gasteiger partial charge on any atom is 0.241 e. The molecule has 1 amide bonds. The van der Waals surface area contributed by atoms with Crippen molar-refractivity contribution in [1.82, 2.24) is 10.3 Å². The average molecular weight is 203 g/mol. The zero-order chi connectivity index (χ0) is 10.8. The Kier molecular flexibility index (Phi) is 2.43. The molecule has 0 saturated heterocycles. The number of hydrogen-bond acceptors (Lipinski definition) is 2. The van der Waals surface area contributed by atoms with E-state index in [1.807, 2.05) is 24.3 Å². The van der Waals surface area contributed by atoms with Crippen molar-refractivity contribution in [3.05, 3.63) is 36.0 Å². The Morgan fingerprint density at radius 3 is 2.93 bits per heavy atom. The molecule has 0 unspecified atom stereocenters. The number of amides is 1. The number of likely N-dealkylation sites (N-methyl/N-ethyl adjacent to an activating group) is 1. The van der Waals surface area contributed by atoms with E-state index in [9.17, 15) is 4.79 Å². The van der Waals surface area contributed by atoms with E-state index >= 15 is 0 Å². The molecule has 1 aromatic heterocycles. The molecule has 0 spiro atoms. The zero-order valence-electron chi connectivity index (χ0n) is 8.45. The molecule has 1 aromatic carbocycles. The summed E-state index contributed by atoms with van der Waals surface area (Å²) in [4.78, 5) is 14.5. The van der Waals surface area contributed by atoms with Crippen molar-refractivity contribution in [2.24, 2.45) is 5.73 Å². The van der Waals surface area contributed by atoms with Crippen molar-refractivity contribution in [3.8, 4) is 0 Å². The van der Waals surface area contributed by atoms with Crippen molar-refractivity contribution in [2.75, 3.05) is 7.05 Å². The summed E-state index contributed by atoms with van der Waals surface area (Å²) in [6, 6.07) is 7.15. The minimum atomic E-state index is -0.619. The number of nitrogens with two attached hydrogens (primary N) is 1. The molecule has 2 aromatic rings. The van der Waals surface area contributed by atoms with Gasteiger partial charge in [-0.2, -0.15) is 0 Å². The third-order valence-corrected chi connectivity index (χ3v) is 2.49. The highest BCUT2D eigenvalue weighted by Crippen LogP contribution is 2.22. The van der Waals surface area contributed by atoms with Crippen LogP contribution in [0.15, 0.2) is 30.5 Å². The lowest BCUT2D eigenvalue weighted by atomic mass is 10.1. The largest absolute Gasteiger partial charge is 0.361 e. The fourth-order valence-electron chi connectivity index (χ4n) is 1.65. The molecule has 4 heteroatoms. The minimum Gasteiger partial charge on any atom is -0.361 e. The van der Waals surface area contributed by atoms with Crippen LogP contribution in [0.2, 0.25) is 0 Å². The molecular formula is C11H13N3O. The molecule has 4 N–H and O–H groups in total. The smallest absolute Gasteiger partial charge is 0.241 e. The van der Waals surface area contributed by atoms with Gasteiger partial charge in [0.25, 0.3) is 0 Å². The van der Waals surface area contributed by atoms with E-state index in [0.717, 1.165) is 16.5 Å². The number of fused-ring (bicyclic) bond motifs is 1. The standard InChI is InChI=1S/C11H13N3O/c1-13-11(15)10(12)8-6-14-9-5-3-2-4-7(8)9/h2-6,10,14H,12H2,1H3,(H,13,15)/t10-/m1/s1. The van der Waals surface area contributed by atoms with Crippen LogP contribution in [0.3, 0.4) is 0 Å². The van der Waals surface area contributed by atoms with Gasteiger partial charge in [0.05, 0.1) is 0 Å². The lowest BCUT2D eigenvalue weighted by Gasteiger charge is -2.08. The van der Waals surface area contributed by atoms with Crippen LogP contribution in [0.1, 0.15) is 11.6 Å². The van der Waals surface area contributed by atoms with Gasteiger partial charge in [-0.3, -0.25) is 4.79 Å². The Morgan fingerprint density at radius 1 is 1.47 bits per heavy atom. The van der Waals surface area contributed by atoms with E-state index in [1.54, 1.807) is 13.2 Å². The highest BCUT2D eigenvalue weighted by molar-refractivity contribution is 5.91. The normalized spacial score (nSPS) is 12.7. The van der Waals surface area contributed by atoms with Crippen molar-refractivity contribution in [2.45, 2.75) is 6.04 Å². The van der Waals surface area contributed by atoms with Crippen LogP contribution in [0, 0.1) is 0 Å². The lowest BCUT2D eigenvalue weighted by Crippen LogP contribution is -2.31. The van der Waals surface area contributed by atoms with Crippen molar-refractivity contribution in [3.63, 3.8) is 0 Å². The molecule has 4 nitrogen and oxygen atoms in total. The fourth-order valence-corrected chi connectivity index (χ4v) is 1.65. The van der Waals surface area contributed by atoms with Crippen LogP contribution in [0.25, 0.3) is 10.9 Å². The zero-order valence-corrected chi connectivity index (χ0v) is 8.45. The van der Waals surface area contributed by atoms with E-state index in [4.69, 9.17) is 5.73 Å². The number of para-hydroxylation sites is 1. The molecule has 0 saturated carbocycles. The first kappa shape index (κ1) is 9.73. The van der Waals surface area contributed by atoms with Crippen LogP contribution in [-0.4, -0.2) is 17.9 Å². The number of carbonyl (C=O) groups is 1. The SMILES string of the molecule is CNC(=O)[C@H](N)c1c[nH]c2ccccc12. The highest BCUT2D eigenvalue weighted by Gasteiger charge is 2.17. The van der Waals surface area contributed by atoms with Crippen molar-refractivity contribution in [1.29, 1.82) is 0 Å². The van der Waals surface area contributed by atoms with E-state index in [1.165, 1.54) is 0 Å². The molecule has 0 fully saturated rings. The van der Waals surface area contributed by atoms with E-state index in [0.29, 0.717) is 0 Å². The summed E-state index contributed by atoms with van der Waals surface area (Å²) in [6.45, 7) is 0. The molecule has 0 aliphatic heterocycles. The van der Waals surface area contributed by atoms with Gasteiger partial charge in [-0.1, -0.05) is 18.2 Å². The third kappa shape index (κ3) is 1.59. The van der Waals surface area contributed by atoms with Crippen molar-refractivity contribution < 1.29 is 4.79 Å². The summed E-state index contributed by atoms with van der Waals surface area (Å²) >= 11 is 0. The van der Waals surface area contributed by atoms with Gasteiger partial charge in [-0.15, -0.1) is 0 Å². The summed E-state index contributed by atoms with van der Waals surface area (Å²) in [5.41, 5.74) is 7.64. The number of H-pyrrole nitrogens is 1. The van der Waals surface area contributed by atoms with Gasteiger partial charge in [-0.25, -0.2) is 0 Å². The summed E-state index contributed by atoms with van der Waals surface area (Å²) < 4.78 is 0. The maximum atomic E-state index is 11.4. The number of aromatic amines is 1. The van der Waals surface area contributed by atoms with Crippen LogP contribution in [0.5, 0.6) is 0 Å². The Hall–Kier alpha value is -1.81. The summed E-state index contributed by atoms with van der Waals surface area (Å²) in [5, 5.41) is 3.53. The van der Waals surface area contributed by atoms with Crippen LogP contribution < -0.4 is 11.1 Å². The topological polar surface area (TPSA) is 70.9 Å². The number of rotatable bonds is 2. The number of aromatic nitrogens is 1. The van der Waals surface area contributed by atoms with E-state index in [-0.39, 0.29) is 5.91 Å². The number of carbonyl (C=O) groups excluding carboxylic acids is 1. The number of hydrogen-bond donors (Lipinski definition) is 3.